The van der Waals surface area contributed by atoms with E-state index in [2.05, 4.69) is 9.78 Å². The summed E-state index contributed by atoms with van der Waals surface area (Å²) in [6.45, 7) is 1.35. The highest BCUT2D eigenvalue weighted by Crippen LogP contribution is 2.37. The van der Waals surface area contributed by atoms with Gasteiger partial charge in [0, 0.05) is 0 Å². The Morgan fingerprint density at radius 1 is 1.60 bits per heavy atom. The van der Waals surface area contributed by atoms with Crippen LogP contribution in [0.4, 0.5) is 0 Å². The van der Waals surface area contributed by atoms with Crippen LogP contribution < -0.4 is 5.73 Å². The topological polar surface area (TPSA) is 105 Å². The Kier molecular flexibility index (Phi) is 1.49. The minimum absolute atomic E-state index is 0.914. The molecule has 1 heterocycles. The van der Waals surface area contributed by atoms with Gasteiger partial charge in [-0.3, -0.25) is 4.55 Å². The zero-order chi connectivity index (χ0) is 7.99. The molecule has 7 heteroatoms. The SMILES string of the molecule is CC(N)C1(S(=O)(=O)O)OO1. The fourth-order valence-electron chi connectivity index (χ4n) is 0.514. The van der Waals surface area contributed by atoms with Gasteiger partial charge in [-0.05, 0) is 6.92 Å². The summed E-state index contributed by atoms with van der Waals surface area (Å²) in [5, 5.41) is -2.01. The van der Waals surface area contributed by atoms with Crippen molar-refractivity contribution < 1.29 is 22.7 Å². The second-order valence-electron chi connectivity index (χ2n) is 2.03. The second-order valence-corrected chi connectivity index (χ2v) is 3.55. The van der Waals surface area contributed by atoms with Crippen molar-refractivity contribution in [3.8, 4) is 0 Å². The zero-order valence-corrected chi connectivity index (χ0v) is 5.96. The van der Waals surface area contributed by atoms with Gasteiger partial charge in [0.25, 0.3) is 0 Å². The predicted molar refractivity (Wildman–Crippen MR) is 30.1 cm³/mol. The molecule has 0 aromatic rings. The maximum Gasteiger partial charge on any atom is 0.370 e. The van der Waals surface area contributed by atoms with E-state index in [4.69, 9.17) is 10.3 Å². The Balaban J connectivity index is 2.91. The molecule has 3 N–H and O–H groups in total. The van der Waals surface area contributed by atoms with Gasteiger partial charge in [0.1, 0.15) is 0 Å². The van der Waals surface area contributed by atoms with Gasteiger partial charge < -0.3 is 5.73 Å². The molecule has 1 aliphatic rings. The van der Waals surface area contributed by atoms with Crippen LogP contribution in [0.2, 0.25) is 0 Å². The molecule has 0 bridgehead atoms. The maximum absolute atomic E-state index is 10.4. The molecule has 1 unspecified atom stereocenters. The summed E-state index contributed by atoms with van der Waals surface area (Å²) < 4.78 is 29.2. The van der Waals surface area contributed by atoms with E-state index in [0.717, 1.165) is 0 Å². The van der Waals surface area contributed by atoms with Crippen molar-refractivity contribution in [2.24, 2.45) is 5.73 Å². The summed E-state index contributed by atoms with van der Waals surface area (Å²) in [6, 6.07) is -0.914. The Bertz CT molecular complexity index is 227. The molecule has 0 aromatic heterocycles. The summed E-state index contributed by atoms with van der Waals surface area (Å²) in [7, 11) is -4.36. The summed E-state index contributed by atoms with van der Waals surface area (Å²) >= 11 is 0. The average Bonchev–Trinajstić information content (AvgIpc) is 2.36. The van der Waals surface area contributed by atoms with E-state index in [1.165, 1.54) is 6.92 Å². The van der Waals surface area contributed by atoms with E-state index in [1.807, 2.05) is 0 Å². The molecule has 10 heavy (non-hydrogen) atoms. The minimum atomic E-state index is -4.36. The van der Waals surface area contributed by atoms with Gasteiger partial charge in [-0.1, -0.05) is 0 Å². The summed E-state index contributed by atoms with van der Waals surface area (Å²) in [6.07, 6.45) is 0. The molecule has 0 amide bonds. The van der Waals surface area contributed by atoms with Crippen LogP contribution in [0.5, 0.6) is 0 Å². The fourth-order valence-corrected chi connectivity index (χ4v) is 1.19. The predicted octanol–water partition coefficient (Wildman–Crippen LogP) is -1.16. The highest BCUT2D eigenvalue weighted by molar-refractivity contribution is 7.87. The first-order chi connectivity index (χ1) is 4.40. The van der Waals surface area contributed by atoms with Crippen LogP contribution in [0.3, 0.4) is 0 Å². The average molecular weight is 169 g/mol. The first-order valence-corrected chi connectivity index (χ1v) is 3.93. The summed E-state index contributed by atoms with van der Waals surface area (Å²) in [5.74, 6) is 0. The molecule has 0 spiro atoms. The lowest BCUT2D eigenvalue weighted by atomic mass is 10.4. The standard InChI is InChI=1S/C3H7NO5S/c1-2(4)3(8-9-3)10(5,6)7/h2H,4H2,1H3,(H,5,6,7). The van der Waals surface area contributed by atoms with Crippen molar-refractivity contribution in [2.75, 3.05) is 0 Å². The van der Waals surface area contributed by atoms with E-state index in [9.17, 15) is 8.42 Å². The smallest absolute Gasteiger partial charge is 0.322 e. The molecule has 6 nitrogen and oxygen atoms in total. The Morgan fingerprint density at radius 2 is 2.00 bits per heavy atom. The van der Waals surface area contributed by atoms with E-state index < -0.39 is 21.3 Å². The van der Waals surface area contributed by atoms with Gasteiger partial charge in [0.15, 0.2) is 0 Å². The Hall–Kier alpha value is -0.210. The molecule has 0 aliphatic carbocycles. The molecule has 1 saturated heterocycles. The number of hydrogen-bond donors (Lipinski definition) is 2. The quantitative estimate of drug-likeness (QED) is 0.307. The molecular weight excluding hydrogens is 162 g/mol. The maximum atomic E-state index is 10.4. The molecule has 0 saturated carbocycles. The van der Waals surface area contributed by atoms with Crippen molar-refractivity contribution in [1.82, 2.24) is 0 Å². The van der Waals surface area contributed by atoms with Gasteiger partial charge in [-0.2, -0.15) is 18.2 Å². The molecule has 1 fully saturated rings. The third-order valence-corrected chi connectivity index (χ3v) is 2.39. The third kappa shape index (κ3) is 0.917. The highest BCUT2D eigenvalue weighted by Gasteiger charge is 2.64. The molecule has 0 radical (unpaired) electrons. The lowest BCUT2D eigenvalue weighted by Gasteiger charge is -2.05. The minimum Gasteiger partial charge on any atom is -0.322 e. The van der Waals surface area contributed by atoms with Crippen LogP contribution in [-0.2, 0) is 19.9 Å². The first-order valence-electron chi connectivity index (χ1n) is 2.49. The molecule has 0 aromatic carbocycles. The van der Waals surface area contributed by atoms with Crippen LogP contribution >= 0.6 is 0 Å². The van der Waals surface area contributed by atoms with Crippen molar-refractivity contribution in [2.45, 2.75) is 18.1 Å². The molecule has 1 rings (SSSR count). The summed E-state index contributed by atoms with van der Waals surface area (Å²) in [4.78, 5) is 8.12. The molecular formula is C3H7NO5S. The lowest BCUT2D eigenvalue weighted by Crippen LogP contribution is -2.41. The number of rotatable bonds is 2. The van der Waals surface area contributed by atoms with Crippen molar-refractivity contribution >= 4 is 10.1 Å². The molecule has 60 valence electrons. The normalized spacial score (nSPS) is 25.9. The van der Waals surface area contributed by atoms with Gasteiger partial charge in [0.2, 0.25) is 0 Å². The molecule has 1 atom stereocenters. The molecule has 1 aliphatic heterocycles. The van der Waals surface area contributed by atoms with Crippen LogP contribution in [-0.4, -0.2) is 24.1 Å². The van der Waals surface area contributed by atoms with E-state index in [-0.39, 0.29) is 0 Å². The van der Waals surface area contributed by atoms with Crippen molar-refractivity contribution in [3.05, 3.63) is 0 Å². The van der Waals surface area contributed by atoms with Crippen molar-refractivity contribution in [1.29, 1.82) is 0 Å². The van der Waals surface area contributed by atoms with Crippen molar-refractivity contribution in [3.63, 3.8) is 0 Å². The van der Waals surface area contributed by atoms with Crippen LogP contribution in [0.1, 0.15) is 6.92 Å². The third-order valence-electron chi connectivity index (χ3n) is 1.16. The van der Waals surface area contributed by atoms with Gasteiger partial charge >= 0.3 is 15.2 Å². The van der Waals surface area contributed by atoms with Crippen LogP contribution in [0.15, 0.2) is 0 Å². The number of nitrogens with two attached hydrogens (primary N) is 1. The number of hydrogen-bond acceptors (Lipinski definition) is 5. The van der Waals surface area contributed by atoms with Gasteiger partial charge in [-0.15, -0.1) is 0 Å². The lowest BCUT2D eigenvalue weighted by molar-refractivity contribution is 0.0850. The Morgan fingerprint density at radius 3 is 2.00 bits per heavy atom. The van der Waals surface area contributed by atoms with Gasteiger partial charge in [-0.25, -0.2) is 0 Å². The van der Waals surface area contributed by atoms with E-state index in [0.29, 0.717) is 0 Å². The largest absolute Gasteiger partial charge is 0.370 e. The summed E-state index contributed by atoms with van der Waals surface area (Å²) in [5.41, 5.74) is 5.13. The second kappa shape index (κ2) is 1.89. The van der Waals surface area contributed by atoms with E-state index >= 15 is 0 Å². The first kappa shape index (κ1) is 7.89. The van der Waals surface area contributed by atoms with Crippen LogP contribution in [0, 0.1) is 0 Å². The highest BCUT2D eigenvalue weighted by atomic mass is 32.2. The van der Waals surface area contributed by atoms with E-state index in [1.54, 1.807) is 0 Å². The monoisotopic (exact) mass is 169 g/mol. The zero-order valence-electron chi connectivity index (χ0n) is 5.14. The van der Waals surface area contributed by atoms with Crippen LogP contribution in [0.25, 0.3) is 0 Å². The fraction of sp³-hybridized carbons (Fsp3) is 1.00. The van der Waals surface area contributed by atoms with Gasteiger partial charge in [0.05, 0.1) is 6.04 Å². The Labute approximate surface area is 57.6 Å².